The average Bonchev–Trinajstić information content (AvgIpc) is 3.37. The number of carbonyl (C=O) groups excluding carboxylic acids is 1. The first kappa shape index (κ1) is 19.3. The number of rotatable bonds is 5. The van der Waals surface area contributed by atoms with E-state index in [9.17, 15) is 14.7 Å². The van der Waals surface area contributed by atoms with Crippen molar-refractivity contribution in [1.82, 2.24) is 20.1 Å². The lowest BCUT2D eigenvalue weighted by Gasteiger charge is -2.25. The molecule has 0 aromatic carbocycles. The van der Waals surface area contributed by atoms with Crippen LogP contribution >= 0.6 is 0 Å². The Morgan fingerprint density at radius 2 is 1.93 bits per heavy atom. The van der Waals surface area contributed by atoms with Crippen molar-refractivity contribution in [3.63, 3.8) is 0 Å². The highest BCUT2D eigenvalue weighted by atomic mass is 16.4. The van der Waals surface area contributed by atoms with Gasteiger partial charge in [-0.05, 0) is 59.9 Å². The molecule has 27 heavy (non-hydrogen) atoms. The summed E-state index contributed by atoms with van der Waals surface area (Å²) in [5.74, 6) is -1.08. The van der Waals surface area contributed by atoms with Crippen LogP contribution in [0.1, 0.15) is 81.5 Å². The van der Waals surface area contributed by atoms with Crippen LogP contribution in [0.2, 0.25) is 0 Å². The van der Waals surface area contributed by atoms with E-state index in [2.05, 4.69) is 10.4 Å². The molecule has 1 fully saturated rings. The zero-order valence-electron chi connectivity index (χ0n) is 16.9. The number of nitrogens with one attached hydrogen (secondary N) is 1. The number of aryl methyl sites for hydroxylation is 1. The van der Waals surface area contributed by atoms with Crippen LogP contribution in [0.5, 0.6) is 0 Å². The van der Waals surface area contributed by atoms with Gasteiger partial charge in [-0.25, -0.2) is 14.5 Å². The molecule has 3 rings (SSSR count). The first-order chi connectivity index (χ1) is 12.5. The van der Waals surface area contributed by atoms with Gasteiger partial charge in [0.2, 0.25) is 0 Å². The molecule has 7 heteroatoms. The normalized spacial score (nSPS) is 17.0. The van der Waals surface area contributed by atoms with Crippen molar-refractivity contribution in [3.8, 4) is 0 Å². The number of carboxylic acids is 1. The number of amides is 1. The summed E-state index contributed by atoms with van der Waals surface area (Å²) in [5, 5.41) is 17.6. The third-order valence-corrected chi connectivity index (χ3v) is 5.28. The molecular weight excluding hydrogens is 344 g/mol. The second-order valence-electron chi connectivity index (χ2n) is 8.68. The fourth-order valence-corrected chi connectivity index (χ4v) is 3.15. The lowest BCUT2D eigenvalue weighted by molar-refractivity contribution is -0.143. The number of pyridine rings is 1. The fourth-order valence-electron chi connectivity index (χ4n) is 3.15. The third kappa shape index (κ3) is 3.42. The minimum atomic E-state index is -1.32. The lowest BCUT2D eigenvalue weighted by atomic mass is 9.97. The number of carbonyl (C=O) groups is 2. The highest BCUT2D eigenvalue weighted by Gasteiger charge is 2.35. The summed E-state index contributed by atoms with van der Waals surface area (Å²) < 4.78 is 1.86. The van der Waals surface area contributed by atoms with Crippen LogP contribution in [0.4, 0.5) is 0 Å². The number of carboxylic acid groups (broad SMARTS) is 1. The predicted molar refractivity (Wildman–Crippen MR) is 103 cm³/mol. The fraction of sp³-hybridized carbons (Fsp3) is 0.600. The second kappa shape index (κ2) is 6.32. The van der Waals surface area contributed by atoms with Gasteiger partial charge < -0.3 is 10.4 Å². The molecule has 2 aromatic heterocycles. The Morgan fingerprint density at radius 3 is 2.41 bits per heavy atom. The van der Waals surface area contributed by atoms with E-state index < -0.39 is 17.4 Å². The van der Waals surface area contributed by atoms with Crippen LogP contribution in [-0.4, -0.2) is 37.3 Å². The number of fused-ring (bicyclic) bond motifs is 1. The molecule has 2 N–H and O–H groups in total. The average molecular weight is 372 g/mol. The third-order valence-electron chi connectivity index (χ3n) is 5.28. The van der Waals surface area contributed by atoms with E-state index in [4.69, 9.17) is 4.98 Å². The summed E-state index contributed by atoms with van der Waals surface area (Å²) in [4.78, 5) is 29.6. The van der Waals surface area contributed by atoms with Crippen LogP contribution in [0.25, 0.3) is 11.0 Å². The van der Waals surface area contributed by atoms with Crippen LogP contribution in [0, 0.1) is 6.92 Å². The van der Waals surface area contributed by atoms with Gasteiger partial charge in [-0.15, -0.1) is 0 Å². The van der Waals surface area contributed by atoms with Gasteiger partial charge in [0, 0.05) is 11.6 Å². The van der Waals surface area contributed by atoms with Gasteiger partial charge >= 0.3 is 5.97 Å². The molecule has 0 bridgehead atoms. The Labute approximate surface area is 159 Å². The number of nitrogens with zero attached hydrogens (tertiary/aromatic N) is 3. The largest absolute Gasteiger partial charge is 0.480 e. The van der Waals surface area contributed by atoms with Crippen LogP contribution in [0.15, 0.2) is 6.07 Å². The molecule has 2 heterocycles. The van der Waals surface area contributed by atoms with Gasteiger partial charge in [-0.1, -0.05) is 6.92 Å². The van der Waals surface area contributed by atoms with Gasteiger partial charge in [0.1, 0.15) is 5.54 Å². The highest BCUT2D eigenvalue weighted by molar-refractivity contribution is 6.08. The second-order valence-corrected chi connectivity index (χ2v) is 8.68. The molecule has 1 aliphatic rings. The Hall–Kier alpha value is -2.44. The van der Waals surface area contributed by atoms with Crippen LogP contribution in [0.3, 0.4) is 0 Å². The topological polar surface area (TPSA) is 97.1 Å². The van der Waals surface area contributed by atoms with Crippen molar-refractivity contribution < 1.29 is 14.7 Å². The molecule has 0 aliphatic heterocycles. The molecule has 0 saturated heterocycles. The number of hydrogen-bond donors (Lipinski definition) is 2. The van der Waals surface area contributed by atoms with Crippen molar-refractivity contribution >= 4 is 22.9 Å². The van der Waals surface area contributed by atoms with E-state index in [1.807, 2.05) is 38.4 Å². The van der Waals surface area contributed by atoms with E-state index >= 15 is 0 Å². The first-order valence-corrected chi connectivity index (χ1v) is 9.44. The summed E-state index contributed by atoms with van der Waals surface area (Å²) in [5.41, 5.74) is 1.13. The van der Waals surface area contributed by atoms with Gasteiger partial charge in [-0.3, -0.25) is 4.79 Å². The van der Waals surface area contributed by atoms with Crippen molar-refractivity contribution in [2.24, 2.45) is 0 Å². The molecule has 1 unspecified atom stereocenters. The Balaban J connectivity index is 2.18. The smallest absolute Gasteiger partial charge is 0.329 e. The zero-order valence-corrected chi connectivity index (χ0v) is 16.9. The minimum absolute atomic E-state index is 0.283. The maximum atomic E-state index is 13.1. The molecule has 1 amide bonds. The van der Waals surface area contributed by atoms with Gasteiger partial charge in [-0.2, -0.15) is 5.10 Å². The maximum absolute atomic E-state index is 13.1. The Morgan fingerprint density at radius 1 is 1.30 bits per heavy atom. The van der Waals surface area contributed by atoms with Crippen molar-refractivity contribution in [3.05, 3.63) is 23.0 Å². The number of aliphatic carboxylic acids is 1. The maximum Gasteiger partial charge on any atom is 0.329 e. The molecular formula is C20H28N4O3. The van der Waals surface area contributed by atoms with Crippen molar-refractivity contribution in [2.75, 3.05) is 0 Å². The van der Waals surface area contributed by atoms with Gasteiger partial charge in [0.15, 0.2) is 5.65 Å². The first-order valence-electron chi connectivity index (χ1n) is 9.44. The SMILES string of the molecule is CCC(C)(NC(=O)c1cc(C2CC2)nc2c1c(C)nn2C(C)(C)C)C(=O)O. The van der Waals surface area contributed by atoms with E-state index in [-0.39, 0.29) is 12.0 Å². The molecule has 146 valence electrons. The standard InChI is InChI=1S/C20H28N4O3/c1-7-20(6,18(26)27)22-17(25)13-10-14(12-8-9-12)21-16-15(13)11(2)23-24(16)19(3,4)5/h10,12H,7-9H2,1-6H3,(H,22,25)(H,26,27). The van der Waals surface area contributed by atoms with Gasteiger partial charge in [0.05, 0.1) is 22.2 Å². The number of aromatic nitrogens is 3. The highest BCUT2D eigenvalue weighted by Crippen LogP contribution is 2.41. The van der Waals surface area contributed by atoms with Crippen molar-refractivity contribution in [2.45, 2.75) is 77.8 Å². The quantitative estimate of drug-likeness (QED) is 0.839. The van der Waals surface area contributed by atoms with E-state index in [1.165, 1.54) is 6.92 Å². The van der Waals surface area contributed by atoms with Crippen molar-refractivity contribution in [1.29, 1.82) is 0 Å². The Bertz CT molecular complexity index is 921. The summed E-state index contributed by atoms with van der Waals surface area (Å²) in [6.07, 6.45) is 2.41. The molecule has 0 spiro atoms. The molecule has 2 aromatic rings. The van der Waals surface area contributed by atoms with Crippen LogP contribution in [-0.2, 0) is 10.3 Å². The lowest BCUT2D eigenvalue weighted by Crippen LogP contribution is -2.51. The van der Waals surface area contributed by atoms with E-state index in [0.717, 1.165) is 18.5 Å². The Kier molecular flexibility index (Phi) is 4.52. The zero-order chi connectivity index (χ0) is 20.1. The molecule has 7 nitrogen and oxygen atoms in total. The number of hydrogen-bond acceptors (Lipinski definition) is 4. The summed E-state index contributed by atoms with van der Waals surface area (Å²) >= 11 is 0. The van der Waals surface area contributed by atoms with Crippen LogP contribution < -0.4 is 5.32 Å². The predicted octanol–water partition coefficient (Wildman–Crippen LogP) is 3.36. The van der Waals surface area contributed by atoms with E-state index in [1.54, 1.807) is 6.92 Å². The molecule has 1 atom stereocenters. The minimum Gasteiger partial charge on any atom is -0.480 e. The monoisotopic (exact) mass is 372 g/mol. The van der Waals surface area contributed by atoms with E-state index in [0.29, 0.717) is 28.2 Å². The summed E-state index contributed by atoms with van der Waals surface area (Å²) in [6, 6.07) is 1.81. The summed E-state index contributed by atoms with van der Waals surface area (Å²) in [7, 11) is 0. The summed E-state index contributed by atoms with van der Waals surface area (Å²) in [6.45, 7) is 11.3. The molecule has 1 saturated carbocycles. The molecule has 0 radical (unpaired) electrons. The molecule has 1 aliphatic carbocycles. The van der Waals surface area contributed by atoms with Gasteiger partial charge in [0.25, 0.3) is 5.91 Å².